The van der Waals surface area contributed by atoms with Crippen LogP contribution in [0.1, 0.15) is 31.7 Å². The average molecular weight is 334 g/mol. The number of aromatic nitrogens is 1. The number of para-hydroxylation sites is 1. The van der Waals surface area contributed by atoms with Crippen LogP contribution in [-0.2, 0) is 4.79 Å². The van der Waals surface area contributed by atoms with Gasteiger partial charge in [0.25, 0.3) is 0 Å². The minimum Gasteiger partial charge on any atom is -0.355 e. The molecule has 128 valence electrons. The molecule has 1 amide bonds. The summed E-state index contributed by atoms with van der Waals surface area (Å²) in [6.45, 7) is 3.48. The first-order valence-electron chi connectivity index (χ1n) is 8.71. The molecular formula is C20H22N4O. The third kappa shape index (κ3) is 3.63. The van der Waals surface area contributed by atoms with Crippen molar-refractivity contribution in [2.75, 3.05) is 22.9 Å². The Labute approximate surface area is 148 Å². The Balaban J connectivity index is 1.76. The van der Waals surface area contributed by atoms with Gasteiger partial charge in [-0.1, -0.05) is 25.1 Å². The van der Waals surface area contributed by atoms with Crippen molar-refractivity contribution < 1.29 is 4.79 Å². The number of carbonyl (C=O) groups is 1. The predicted octanol–water partition coefficient (Wildman–Crippen LogP) is 3.37. The molecule has 0 aliphatic carbocycles. The van der Waals surface area contributed by atoms with Crippen LogP contribution >= 0.6 is 0 Å². The van der Waals surface area contributed by atoms with Crippen molar-refractivity contribution in [2.45, 2.75) is 32.2 Å². The van der Waals surface area contributed by atoms with E-state index in [4.69, 9.17) is 0 Å². The molecule has 1 aliphatic rings. The Hall–Kier alpha value is -2.87. The zero-order valence-electron chi connectivity index (χ0n) is 14.4. The zero-order chi connectivity index (χ0) is 17.6. The summed E-state index contributed by atoms with van der Waals surface area (Å²) < 4.78 is 0. The van der Waals surface area contributed by atoms with Crippen molar-refractivity contribution in [3.8, 4) is 6.07 Å². The minimum absolute atomic E-state index is 0.153. The number of benzene rings is 1. The molecule has 0 radical (unpaired) electrons. The largest absolute Gasteiger partial charge is 0.355 e. The van der Waals surface area contributed by atoms with Gasteiger partial charge >= 0.3 is 0 Å². The molecular weight excluding hydrogens is 312 g/mol. The number of amides is 1. The Morgan fingerprint density at radius 1 is 1.24 bits per heavy atom. The molecule has 2 heterocycles. The van der Waals surface area contributed by atoms with Crippen molar-refractivity contribution in [1.82, 2.24) is 4.98 Å². The number of anilines is 2. The number of piperidine rings is 1. The van der Waals surface area contributed by atoms with E-state index >= 15 is 0 Å². The molecule has 2 aromatic rings. The van der Waals surface area contributed by atoms with Crippen LogP contribution in [0.15, 0.2) is 48.7 Å². The lowest BCUT2D eigenvalue weighted by Gasteiger charge is -2.39. The molecule has 1 fully saturated rings. The van der Waals surface area contributed by atoms with Crippen molar-refractivity contribution in [3.05, 3.63) is 54.2 Å². The maximum absolute atomic E-state index is 12.5. The lowest BCUT2D eigenvalue weighted by molar-refractivity contribution is -0.118. The third-order valence-corrected chi connectivity index (χ3v) is 4.64. The van der Waals surface area contributed by atoms with Gasteiger partial charge in [0.15, 0.2) is 0 Å². The molecule has 0 bridgehead atoms. The summed E-state index contributed by atoms with van der Waals surface area (Å²) in [5, 5.41) is 9.27. The Kier molecular flexibility index (Phi) is 5.30. The minimum atomic E-state index is 0.153. The van der Waals surface area contributed by atoms with Crippen LogP contribution in [0.4, 0.5) is 11.5 Å². The standard InChI is InChI=1S/C20H22N4O/c1-2-19(25)24(17-8-4-3-5-9-17)18-10-13-23(14-11-18)20-16(15-21)7-6-12-22-20/h3-9,12,18H,2,10-11,13-14H2,1H3. The van der Waals surface area contributed by atoms with E-state index in [1.54, 1.807) is 18.3 Å². The quantitative estimate of drug-likeness (QED) is 0.860. The van der Waals surface area contributed by atoms with Gasteiger partial charge in [0, 0.05) is 37.4 Å². The van der Waals surface area contributed by atoms with Crippen LogP contribution in [0.5, 0.6) is 0 Å². The predicted molar refractivity (Wildman–Crippen MR) is 98.4 cm³/mol. The molecule has 0 saturated carbocycles. The highest BCUT2D eigenvalue weighted by molar-refractivity contribution is 5.93. The molecule has 1 aromatic carbocycles. The van der Waals surface area contributed by atoms with Crippen molar-refractivity contribution in [2.24, 2.45) is 0 Å². The Morgan fingerprint density at radius 2 is 1.96 bits per heavy atom. The summed E-state index contributed by atoms with van der Waals surface area (Å²) in [5.41, 5.74) is 1.56. The van der Waals surface area contributed by atoms with Gasteiger partial charge in [-0.3, -0.25) is 4.79 Å². The monoisotopic (exact) mass is 334 g/mol. The van der Waals surface area contributed by atoms with E-state index < -0.39 is 0 Å². The Morgan fingerprint density at radius 3 is 2.60 bits per heavy atom. The molecule has 1 saturated heterocycles. The summed E-state index contributed by atoms with van der Waals surface area (Å²) in [4.78, 5) is 21.0. The summed E-state index contributed by atoms with van der Waals surface area (Å²) in [6.07, 6.45) is 3.94. The van der Waals surface area contributed by atoms with E-state index in [1.165, 1.54) is 0 Å². The summed E-state index contributed by atoms with van der Waals surface area (Å²) in [5.74, 6) is 0.900. The molecule has 5 nitrogen and oxygen atoms in total. The highest BCUT2D eigenvalue weighted by Crippen LogP contribution is 2.27. The maximum atomic E-state index is 12.5. The SMILES string of the molecule is CCC(=O)N(c1ccccc1)C1CCN(c2ncccc2C#N)CC1. The fourth-order valence-electron chi connectivity index (χ4n) is 3.39. The van der Waals surface area contributed by atoms with Gasteiger partial charge in [0.2, 0.25) is 5.91 Å². The normalized spacial score (nSPS) is 14.8. The first-order chi connectivity index (χ1) is 12.2. The molecule has 0 atom stereocenters. The van der Waals surface area contributed by atoms with E-state index in [-0.39, 0.29) is 11.9 Å². The van der Waals surface area contributed by atoms with Crippen LogP contribution in [0.2, 0.25) is 0 Å². The molecule has 0 unspecified atom stereocenters. The number of pyridine rings is 1. The molecule has 5 heteroatoms. The number of rotatable bonds is 4. The lowest BCUT2D eigenvalue weighted by atomic mass is 10.0. The molecule has 1 aromatic heterocycles. The highest BCUT2D eigenvalue weighted by atomic mass is 16.2. The van der Waals surface area contributed by atoms with Gasteiger partial charge in [-0.2, -0.15) is 5.26 Å². The van der Waals surface area contributed by atoms with Gasteiger partial charge in [-0.15, -0.1) is 0 Å². The topological polar surface area (TPSA) is 60.2 Å². The van der Waals surface area contributed by atoms with E-state index in [0.29, 0.717) is 12.0 Å². The first-order valence-corrected chi connectivity index (χ1v) is 8.71. The van der Waals surface area contributed by atoms with Gasteiger partial charge in [-0.05, 0) is 37.1 Å². The molecule has 0 spiro atoms. The summed E-state index contributed by atoms with van der Waals surface area (Å²) in [6, 6.07) is 15.9. The highest BCUT2D eigenvalue weighted by Gasteiger charge is 2.29. The number of nitrogens with zero attached hydrogens (tertiary/aromatic N) is 4. The number of carbonyl (C=O) groups excluding carboxylic acids is 1. The van der Waals surface area contributed by atoms with Gasteiger partial charge < -0.3 is 9.80 Å². The first kappa shape index (κ1) is 17.0. The van der Waals surface area contributed by atoms with Crippen LogP contribution < -0.4 is 9.80 Å². The smallest absolute Gasteiger partial charge is 0.226 e. The maximum Gasteiger partial charge on any atom is 0.226 e. The van der Waals surface area contributed by atoms with Crippen molar-refractivity contribution >= 4 is 17.4 Å². The van der Waals surface area contributed by atoms with Crippen LogP contribution in [0.25, 0.3) is 0 Å². The molecule has 25 heavy (non-hydrogen) atoms. The van der Waals surface area contributed by atoms with Crippen LogP contribution in [-0.4, -0.2) is 30.0 Å². The second-order valence-electron chi connectivity index (χ2n) is 6.16. The zero-order valence-corrected chi connectivity index (χ0v) is 14.4. The van der Waals surface area contributed by atoms with Gasteiger partial charge in [-0.25, -0.2) is 4.98 Å². The van der Waals surface area contributed by atoms with E-state index in [2.05, 4.69) is 16.0 Å². The van der Waals surface area contributed by atoms with E-state index in [9.17, 15) is 10.1 Å². The lowest BCUT2D eigenvalue weighted by Crippen LogP contribution is -2.48. The van der Waals surface area contributed by atoms with Crippen LogP contribution in [0, 0.1) is 11.3 Å². The van der Waals surface area contributed by atoms with Crippen molar-refractivity contribution in [1.29, 1.82) is 5.26 Å². The fourth-order valence-corrected chi connectivity index (χ4v) is 3.39. The molecule has 3 rings (SSSR count). The summed E-state index contributed by atoms with van der Waals surface area (Å²) in [7, 11) is 0. The molecule has 0 N–H and O–H groups in total. The van der Waals surface area contributed by atoms with Gasteiger partial charge in [0.1, 0.15) is 11.9 Å². The second-order valence-corrected chi connectivity index (χ2v) is 6.16. The van der Waals surface area contributed by atoms with E-state index in [0.717, 1.165) is 37.4 Å². The van der Waals surface area contributed by atoms with Crippen molar-refractivity contribution in [3.63, 3.8) is 0 Å². The average Bonchev–Trinajstić information content (AvgIpc) is 2.69. The fraction of sp³-hybridized carbons (Fsp3) is 0.350. The number of hydrogen-bond donors (Lipinski definition) is 0. The third-order valence-electron chi connectivity index (χ3n) is 4.64. The van der Waals surface area contributed by atoms with Gasteiger partial charge in [0.05, 0.1) is 5.56 Å². The summed E-state index contributed by atoms with van der Waals surface area (Å²) >= 11 is 0. The molecule has 1 aliphatic heterocycles. The second kappa shape index (κ2) is 7.80. The number of hydrogen-bond acceptors (Lipinski definition) is 4. The van der Waals surface area contributed by atoms with E-state index in [1.807, 2.05) is 42.2 Å². The van der Waals surface area contributed by atoms with Crippen LogP contribution in [0.3, 0.4) is 0 Å². The number of nitriles is 1. The Bertz CT molecular complexity index is 761.